The van der Waals surface area contributed by atoms with Crippen molar-refractivity contribution in [1.29, 1.82) is 0 Å². The van der Waals surface area contributed by atoms with Crippen LogP contribution in [0.3, 0.4) is 0 Å². The van der Waals surface area contributed by atoms with E-state index >= 15 is 0 Å². The standard InChI is InChI=1S/C21H29N5O2S/c1-29-14-11-17(19(27)22-15-7-3-2-4-8-15)24-21(28)26-13-12-25-18-10-6-5-9-16(18)23-20(25)26/h5-6,9-10,15,17H,2-4,7-8,11-14H2,1H3,(H,22,27)(H,24,28). The number of para-hydroxylation sites is 2. The number of carbonyl (C=O) groups is 2. The van der Waals surface area contributed by atoms with Crippen LogP contribution < -0.4 is 15.5 Å². The van der Waals surface area contributed by atoms with Crippen molar-refractivity contribution in [3.63, 3.8) is 0 Å². The number of benzene rings is 1. The summed E-state index contributed by atoms with van der Waals surface area (Å²) in [6, 6.07) is 7.37. The number of urea groups is 1. The van der Waals surface area contributed by atoms with Crippen LogP contribution in [0.15, 0.2) is 24.3 Å². The molecule has 2 aliphatic rings. The van der Waals surface area contributed by atoms with Gasteiger partial charge < -0.3 is 15.2 Å². The number of carbonyl (C=O) groups excluding carboxylic acids is 2. The summed E-state index contributed by atoms with van der Waals surface area (Å²) in [7, 11) is 0. The fraction of sp³-hybridized carbons (Fsp3) is 0.571. The number of hydrogen-bond donors (Lipinski definition) is 2. The minimum Gasteiger partial charge on any atom is -0.352 e. The summed E-state index contributed by atoms with van der Waals surface area (Å²) in [4.78, 5) is 32.2. The second-order valence-corrected chi connectivity index (χ2v) is 8.82. The molecule has 0 saturated heterocycles. The lowest BCUT2D eigenvalue weighted by Gasteiger charge is -2.27. The zero-order chi connectivity index (χ0) is 20.2. The van der Waals surface area contributed by atoms with Gasteiger partial charge in [0.25, 0.3) is 0 Å². The molecule has 1 unspecified atom stereocenters. The number of hydrogen-bond acceptors (Lipinski definition) is 4. The summed E-state index contributed by atoms with van der Waals surface area (Å²) < 4.78 is 2.06. The number of rotatable bonds is 6. The van der Waals surface area contributed by atoms with Crippen LogP contribution in [0.1, 0.15) is 38.5 Å². The largest absolute Gasteiger partial charge is 0.352 e. The Morgan fingerprint density at radius 2 is 2.00 bits per heavy atom. The van der Waals surface area contributed by atoms with Gasteiger partial charge in [0.1, 0.15) is 6.04 Å². The maximum atomic E-state index is 13.0. The molecule has 2 aromatic rings. The fourth-order valence-electron chi connectivity index (χ4n) is 4.26. The van der Waals surface area contributed by atoms with E-state index in [4.69, 9.17) is 0 Å². The zero-order valence-electron chi connectivity index (χ0n) is 16.9. The Kier molecular flexibility index (Phi) is 6.28. The van der Waals surface area contributed by atoms with Crippen molar-refractivity contribution in [2.24, 2.45) is 0 Å². The molecule has 0 bridgehead atoms. The predicted molar refractivity (Wildman–Crippen MR) is 117 cm³/mol. The molecule has 1 aliphatic heterocycles. The van der Waals surface area contributed by atoms with Gasteiger partial charge in [-0.2, -0.15) is 11.8 Å². The third-order valence-corrected chi connectivity index (χ3v) is 6.49. The molecule has 2 N–H and O–H groups in total. The molecule has 7 nitrogen and oxygen atoms in total. The molecule has 2 heterocycles. The minimum atomic E-state index is -0.518. The van der Waals surface area contributed by atoms with Crippen molar-refractivity contribution in [1.82, 2.24) is 20.2 Å². The molecule has 29 heavy (non-hydrogen) atoms. The summed E-state index contributed by atoms with van der Waals surface area (Å²) in [6.07, 6.45) is 8.27. The van der Waals surface area contributed by atoms with Crippen molar-refractivity contribution in [2.45, 2.75) is 57.2 Å². The first-order valence-corrected chi connectivity index (χ1v) is 11.9. The van der Waals surface area contributed by atoms with Gasteiger partial charge in [0, 0.05) is 19.1 Å². The van der Waals surface area contributed by atoms with E-state index in [2.05, 4.69) is 20.2 Å². The number of imidazole rings is 1. The van der Waals surface area contributed by atoms with Crippen molar-refractivity contribution >= 4 is 40.7 Å². The topological polar surface area (TPSA) is 79.3 Å². The molecular formula is C21H29N5O2S. The lowest BCUT2D eigenvalue weighted by atomic mass is 9.95. The van der Waals surface area contributed by atoms with Gasteiger partial charge in [0.05, 0.1) is 11.0 Å². The third-order valence-electron chi connectivity index (χ3n) is 5.84. The van der Waals surface area contributed by atoms with Crippen LogP contribution in [0.5, 0.6) is 0 Å². The zero-order valence-corrected chi connectivity index (χ0v) is 17.7. The average molecular weight is 416 g/mol. The number of aromatic nitrogens is 2. The molecule has 1 aromatic carbocycles. The maximum Gasteiger partial charge on any atom is 0.324 e. The van der Waals surface area contributed by atoms with E-state index in [0.717, 1.165) is 42.5 Å². The molecule has 1 aliphatic carbocycles. The smallest absolute Gasteiger partial charge is 0.324 e. The van der Waals surface area contributed by atoms with Gasteiger partial charge in [-0.3, -0.25) is 9.69 Å². The Bertz CT molecular complexity index is 877. The van der Waals surface area contributed by atoms with Gasteiger partial charge in [-0.25, -0.2) is 9.78 Å². The van der Waals surface area contributed by atoms with Gasteiger partial charge in [0.2, 0.25) is 11.9 Å². The number of fused-ring (bicyclic) bond motifs is 3. The number of thioether (sulfide) groups is 1. The van der Waals surface area contributed by atoms with Crippen molar-refractivity contribution in [3.05, 3.63) is 24.3 Å². The molecule has 1 fully saturated rings. The molecule has 156 valence electrons. The lowest BCUT2D eigenvalue weighted by molar-refractivity contribution is -0.123. The summed E-state index contributed by atoms with van der Waals surface area (Å²) in [6.45, 7) is 1.28. The number of amides is 3. The van der Waals surface area contributed by atoms with Gasteiger partial charge in [-0.15, -0.1) is 0 Å². The molecular weight excluding hydrogens is 386 g/mol. The summed E-state index contributed by atoms with van der Waals surface area (Å²) in [5, 5.41) is 6.14. The first-order valence-electron chi connectivity index (χ1n) is 10.5. The highest BCUT2D eigenvalue weighted by Gasteiger charge is 2.31. The monoisotopic (exact) mass is 415 g/mol. The van der Waals surface area contributed by atoms with E-state index in [1.54, 1.807) is 16.7 Å². The normalized spacial score (nSPS) is 17.9. The van der Waals surface area contributed by atoms with Crippen LogP contribution in [0.4, 0.5) is 10.7 Å². The maximum absolute atomic E-state index is 13.0. The van der Waals surface area contributed by atoms with Gasteiger partial charge >= 0.3 is 6.03 Å². The van der Waals surface area contributed by atoms with Crippen LogP contribution in [0.2, 0.25) is 0 Å². The number of nitrogens with one attached hydrogen (secondary N) is 2. The predicted octanol–water partition coefficient (Wildman–Crippen LogP) is 3.14. The second kappa shape index (κ2) is 9.07. The van der Waals surface area contributed by atoms with Crippen LogP contribution in [0.25, 0.3) is 11.0 Å². The van der Waals surface area contributed by atoms with E-state index in [9.17, 15) is 9.59 Å². The Hall–Kier alpha value is -2.22. The Morgan fingerprint density at radius 1 is 1.21 bits per heavy atom. The summed E-state index contributed by atoms with van der Waals surface area (Å²) in [5.41, 5.74) is 1.92. The van der Waals surface area contributed by atoms with Crippen molar-refractivity contribution in [3.8, 4) is 0 Å². The Morgan fingerprint density at radius 3 is 2.79 bits per heavy atom. The van der Waals surface area contributed by atoms with Crippen LogP contribution in [-0.2, 0) is 11.3 Å². The Balaban J connectivity index is 1.45. The molecule has 4 rings (SSSR count). The molecule has 3 amide bonds. The van der Waals surface area contributed by atoms with Gasteiger partial charge in [-0.1, -0.05) is 31.4 Å². The summed E-state index contributed by atoms with van der Waals surface area (Å²) in [5.74, 6) is 1.41. The van der Waals surface area contributed by atoms with E-state index in [1.165, 1.54) is 6.42 Å². The van der Waals surface area contributed by atoms with E-state index in [-0.39, 0.29) is 18.0 Å². The van der Waals surface area contributed by atoms with Crippen molar-refractivity contribution in [2.75, 3.05) is 23.5 Å². The molecule has 0 spiro atoms. The third kappa shape index (κ3) is 4.37. The fourth-order valence-corrected chi connectivity index (χ4v) is 4.73. The first kappa shape index (κ1) is 20.1. The highest BCUT2D eigenvalue weighted by atomic mass is 32.2. The lowest BCUT2D eigenvalue weighted by Crippen LogP contribution is -2.53. The number of nitrogens with zero attached hydrogens (tertiary/aromatic N) is 3. The van der Waals surface area contributed by atoms with Crippen LogP contribution >= 0.6 is 11.8 Å². The average Bonchev–Trinajstić information content (AvgIpc) is 3.31. The van der Waals surface area contributed by atoms with E-state index < -0.39 is 6.04 Å². The van der Waals surface area contributed by atoms with Crippen LogP contribution in [0, 0.1) is 0 Å². The van der Waals surface area contributed by atoms with Gasteiger partial charge in [-0.05, 0) is 43.4 Å². The van der Waals surface area contributed by atoms with E-state index in [0.29, 0.717) is 25.5 Å². The number of anilines is 1. The Labute approximate surface area is 175 Å². The highest BCUT2D eigenvalue weighted by Crippen LogP contribution is 2.27. The van der Waals surface area contributed by atoms with Gasteiger partial charge in [0.15, 0.2) is 0 Å². The van der Waals surface area contributed by atoms with E-state index in [1.807, 2.05) is 30.5 Å². The quantitative estimate of drug-likeness (QED) is 0.760. The molecule has 8 heteroatoms. The SMILES string of the molecule is CSCCC(NC(=O)N1CCn2c1nc1ccccc12)C(=O)NC1CCCCC1. The second-order valence-electron chi connectivity index (χ2n) is 7.83. The minimum absolute atomic E-state index is 0.0630. The molecule has 0 radical (unpaired) electrons. The molecule has 1 aromatic heterocycles. The first-order chi connectivity index (χ1) is 14.2. The van der Waals surface area contributed by atoms with Crippen molar-refractivity contribution < 1.29 is 9.59 Å². The molecule has 1 saturated carbocycles. The highest BCUT2D eigenvalue weighted by molar-refractivity contribution is 7.98. The summed E-state index contributed by atoms with van der Waals surface area (Å²) >= 11 is 1.68. The van der Waals surface area contributed by atoms with Crippen LogP contribution in [-0.4, -0.2) is 52.1 Å². The molecule has 1 atom stereocenters.